The SMILES string of the molecule is Cc1c2ccc(O)cc2nn1CC(=O)O. The Balaban J connectivity index is 2.58. The molecule has 0 radical (unpaired) electrons. The predicted molar refractivity (Wildman–Crippen MR) is 53.8 cm³/mol. The Labute approximate surface area is 85.6 Å². The van der Waals surface area contributed by atoms with E-state index < -0.39 is 5.97 Å². The molecule has 0 saturated carbocycles. The molecular formula is C10H10N2O3. The molecule has 1 aromatic heterocycles. The van der Waals surface area contributed by atoms with E-state index in [1.807, 2.05) is 0 Å². The van der Waals surface area contributed by atoms with Gasteiger partial charge in [0.05, 0.1) is 5.52 Å². The first-order valence-electron chi connectivity index (χ1n) is 4.46. The van der Waals surface area contributed by atoms with Gasteiger partial charge in [0.2, 0.25) is 0 Å². The van der Waals surface area contributed by atoms with Crippen LogP contribution in [0, 0.1) is 6.92 Å². The molecule has 5 nitrogen and oxygen atoms in total. The number of carboxylic acid groups (broad SMARTS) is 1. The standard InChI is InChI=1S/C10H10N2O3/c1-6-8-3-2-7(13)4-9(8)11-12(6)5-10(14)15/h2-4,13H,5H2,1H3,(H,14,15). The van der Waals surface area contributed by atoms with Crippen LogP contribution < -0.4 is 0 Å². The zero-order valence-electron chi connectivity index (χ0n) is 8.14. The summed E-state index contributed by atoms with van der Waals surface area (Å²) < 4.78 is 1.41. The second-order valence-corrected chi connectivity index (χ2v) is 3.34. The molecule has 0 saturated heterocycles. The fourth-order valence-corrected chi connectivity index (χ4v) is 1.53. The zero-order chi connectivity index (χ0) is 11.0. The number of hydrogen-bond acceptors (Lipinski definition) is 3. The molecule has 2 N–H and O–H groups in total. The lowest BCUT2D eigenvalue weighted by atomic mass is 10.2. The van der Waals surface area contributed by atoms with Crippen molar-refractivity contribution in [2.45, 2.75) is 13.5 Å². The van der Waals surface area contributed by atoms with Gasteiger partial charge in [0, 0.05) is 17.1 Å². The summed E-state index contributed by atoms with van der Waals surface area (Å²) in [6, 6.07) is 4.80. The molecule has 0 aliphatic rings. The summed E-state index contributed by atoms with van der Waals surface area (Å²) in [4.78, 5) is 10.6. The molecular weight excluding hydrogens is 196 g/mol. The number of aliphatic carboxylic acids is 1. The number of aryl methyl sites for hydroxylation is 1. The molecule has 15 heavy (non-hydrogen) atoms. The monoisotopic (exact) mass is 206 g/mol. The van der Waals surface area contributed by atoms with Crippen LogP contribution in [0.25, 0.3) is 10.9 Å². The fourth-order valence-electron chi connectivity index (χ4n) is 1.53. The quantitative estimate of drug-likeness (QED) is 0.772. The highest BCUT2D eigenvalue weighted by atomic mass is 16.4. The third-order valence-electron chi connectivity index (χ3n) is 2.27. The number of phenolic OH excluding ortho intramolecular Hbond substituents is 1. The molecule has 1 heterocycles. The van der Waals surface area contributed by atoms with Crippen molar-refractivity contribution in [3.63, 3.8) is 0 Å². The average Bonchev–Trinajstić information content (AvgIpc) is 2.42. The molecule has 0 fully saturated rings. The normalized spacial score (nSPS) is 10.7. The Kier molecular flexibility index (Phi) is 2.07. The van der Waals surface area contributed by atoms with Gasteiger partial charge in [-0.25, -0.2) is 0 Å². The van der Waals surface area contributed by atoms with Gasteiger partial charge in [-0.15, -0.1) is 0 Å². The second-order valence-electron chi connectivity index (χ2n) is 3.34. The number of carbonyl (C=O) groups is 1. The zero-order valence-corrected chi connectivity index (χ0v) is 8.14. The van der Waals surface area contributed by atoms with Crippen LogP contribution in [-0.4, -0.2) is 26.0 Å². The smallest absolute Gasteiger partial charge is 0.325 e. The maximum absolute atomic E-state index is 10.6. The topological polar surface area (TPSA) is 75.4 Å². The highest BCUT2D eigenvalue weighted by Crippen LogP contribution is 2.21. The van der Waals surface area contributed by atoms with E-state index in [0.717, 1.165) is 11.1 Å². The summed E-state index contributed by atoms with van der Waals surface area (Å²) in [6.07, 6.45) is 0. The first kappa shape index (κ1) is 9.51. The minimum atomic E-state index is -0.935. The van der Waals surface area contributed by atoms with E-state index in [1.165, 1.54) is 10.7 Å². The summed E-state index contributed by atoms with van der Waals surface area (Å²) in [5.74, 6) is -0.808. The van der Waals surface area contributed by atoms with Gasteiger partial charge in [-0.1, -0.05) is 0 Å². The van der Waals surface area contributed by atoms with Crippen molar-refractivity contribution >= 4 is 16.9 Å². The van der Waals surface area contributed by atoms with E-state index in [1.54, 1.807) is 19.1 Å². The number of fused-ring (bicyclic) bond motifs is 1. The van der Waals surface area contributed by atoms with Crippen LogP contribution in [0.1, 0.15) is 5.69 Å². The third kappa shape index (κ3) is 1.63. The highest BCUT2D eigenvalue weighted by Gasteiger charge is 2.09. The van der Waals surface area contributed by atoms with Crippen molar-refractivity contribution in [2.24, 2.45) is 0 Å². The summed E-state index contributed by atoms with van der Waals surface area (Å²) >= 11 is 0. The van der Waals surface area contributed by atoms with Crippen LogP contribution in [0.15, 0.2) is 18.2 Å². The predicted octanol–water partition coefficient (Wildman–Crippen LogP) is 1.13. The van der Waals surface area contributed by atoms with Crippen molar-refractivity contribution in [2.75, 3.05) is 0 Å². The van der Waals surface area contributed by atoms with Gasteiger partial charge in [-0.05, 0) is 19.1 Å². The van der Waals surface area contributed by atoms with E-state index in [2.05, 4.69) is 5.10 Å². The van der Waals surface area contributed by atoms with Gasteiger partial charge in [0.25, 0.3) is 0 Å². The Morgan fingerprint density at radius 1 is 1.53 bits per heavy atom. The first-order valence-corrected chi connectivity index (χ1v) is 4.46. The van der Waals surface area contributed by atoms with Crippen LogP contribution in [0.3, 0.4) is 0 Å². The Morgan fingerprint density at radius 2 is 2.27 bits per heavy atom. The van der Waals surface area contributed by atoms with Crippen molar-refractivity contribution in [3.8, 4) is 5.75 Å². The fraction of sp³-hybridized carbons (Fsp3) is 0.200. The molecule has 0 unspecified atom stereocenters. The molecule has 0 bridgehead atoms. The Hall–Kier alpha value is -2.04. The van der Waals surface area contributed by atoms with Crippen LogP contribution in [0.4, 0.5) is 0 Å². The largest absolute Gasteiger partial charge is 0.508 e. The van der Waals surface area contributed by atoms with Gasteiger partial charge in [-0.2, -0.15) is 5.10 Å². The molecule has 5 heteroatoms. The first-order chi connectivity index (χ1) is 7.08. The molecule has 2 aromatic rings. The van der Waals surface area contributed by atoms with E-state index in [4.69, 9.17) is 5.11 Å². The van der Waals surface area contributed by atoms with Gasteiger partial charge < -0.3 is 10.2 Å². The van der Waals surface area contributed by atoms with E-state index in [0.29, 0.717) is 5.52 Å². The molecule has 78 valence electrons. The van der Waals surface area contributed by atoms with Gasteiger partial charge in [0.15, 0.2) is 0 Å². The summed E-state index contributed by atoms with van der Waals surface area (Å²) in [5.41, 5.74) is 1.39. The summed E-state index contributed by atoms with van der Waals surface area (Å²) in [7, 11) is 0. The van der Waals surface area contributed by atoms with Gasteiger partial charge in [-0.3, -0.25) is 9.48 Å². The van der Waals surface area contributed by atoms with Crippen molar-refractivity contribution < 1.29 is 15.0 Å². The summed E-state index contributed by atoms with van der Waals surface area (Å²) in [5, 5.41) is 22.9. The van der Waals surface area contributed by atoms with Crippen LogP contribution >= 0.6 is 0 Å². The molecule has 2 rings (SSSR count). The maximum Gasteiger partial charge on any atom is 0.325 e. The molecule has 1 aromatic carbocycles. The van der Waals surface area contributed by atoms with Crippen LogP contribution in [0.2, 0.25) is 0 Å². The number of aromatic nitrogens is 2. The maximum atomic E-state index is 10.6. The number of hydrogen-bond donors (Lipinski definition) is 2. The van der Waals surface area contributed by atoms with Crippen molar-refractivity contribution in [3.05, 3.63) is 23.9 Å². The van der Waals surface area contributed by atoms with Crippen LogP contribution in [0.5, 0.6) is 5.75 Å². The molecule has 0 spiro atoms. The summed E-state index contributed by atoms with van der Waals surface area (Å²) in [6.45, 7) is 1.64. The lowest BCUT2D eigenvalue weighted by Crippen LogP contribution is -2.11. The Bertz CT molecular complexity index is 531. The van der Waals surface area contributed by atoms with Crippen molar-refractivity contribution in [1.82, 2.24) is 9.78 Å². The number of carboxylic acids is 1. The molecule has 0 atom stereocenters. The molecule has 0 amide bonds. The second kappa shape index (κ2) is 3.27. The highest BCUT2D eigenvalue weighted by molar-refractivity contribution is 5.83. The lowest BCUT2D eigenvalue weighted by molar-refractivity contribution is -0.137. The van der Waals surface area contributed by atoms with E-state index in [9.17, 15) is 9.90 Å². The number of phenols is 1. The molecule has 0 aliphatic heterocycles. The van der Waals surface area contributed by atoms with E-state index in [-0.39, 0.29) is 12.3 Å². The minimum absolute atomic E-state index is 0.127. The minimum Gasteiger partial charge on any atom is -0.508 e. The Morgan fingerprint density at radius 3 is 2.93 bits per heavy atom. The van der Waals surface area contributed by atoms with Crippen LogP contribution in [-0.2, 0) is 11.3 Å². The third-order valence-corrected chi connectivity index (χ3v) is 2.27. The van der Waals surface area contributed by atoms with Gasteiger partial charge >= 0.3 is 5.97 Å². The number of aromatic hydroxyl groups is 1. The molecule has 0 aliphatic carbocycles. The van der Waals surface area contributed by atoms with E-state index >= 15 is 0 Å². The lowest BCUT2D eigenvalue weighted by Gasteiger charge is -1.98. The number of nitrogens with zero attached hydrogens (tertiary/aromatic N) is 2. The van der Waals surface area contributed by atoms with Crippen molar-refractivity contribution in [1.29, 1.82) is 0 Å². The average molecular weight is 206 g/mol. The van der Waals surface area contributed by atoms with Gasteiger partial charge in [0.1, 0.15) is 12.3 Å². The number of rotatable bonds is 2. The number of benzene rings is 1.